The molecule has 1 aliphatic heterocycles. The Labute approximate surface area is 103 Å². The molecule has 1 aromatic heterocycles. The Morgan fingerprint density at radius 1 is 1.65 bits per heavy atom. The van der Waals surface area contributed by atoms with Gasteiger partial charge >= 0.3 is 5.97 Å². The van der Waals surface area contributed by atoms with Gasteiger partial charge < -0.3 is 10.0 Å². The topological polar surface area (TPSA) is 70.5 Å². The van der Waals surface area contributed by atoms with Crippen molar-refractivity contribution >= 4 is 23.2 Å². The first-order chi connectivity index (χ1) is 8.11. The van der Waals surface area contributed by atoms with Crippen LogP contribution in [-0.4, -0.2) is 40.0 Å². The van der Waals surface area contributed by atoms with Gasteiger partial charge in [0.15, 0.2) is 0 Å². The summed E-state index contributed by atoms with van der Waals surface area (Å²) in [4.78, 5) is 28.3. The van der Waals surface area contributed by atoms with Crippen LogP contribution in [-0.2, 0) is 0 Å². The van der Waals surface area contributed by atoms with E-state index < -0.39 is 5.97 Å². The van der Waals surface area contributed by atoms with E-state index in [9.17, 15) is 9.59 Å². The van der Waals surface area contributed by atoms with Crippen LogP contribution >= 0.6 is 11.3 Å². The van der Waals surface area contributed by atoms with Gasteiger partial charge in [0.05, 0.1) is 0 Å². The maximum absolute atomic E-state index is 12.0. The maximum Gasteiger partial charge on any atom is 0.365 e. The van der Waals surface area contributed by atoms with E-state index in [-0.39, 0.29) is 16.6 Å². The van der Waals surface area contributed by atoms with Crippen LogP contribution in [0.25, 0.3) is 0 Å². The van der Waals surface area contributed by atoms with Gasteiger partial charge in [-0.15, -0.1) is 11.3 Å². The predicted molar refractivity (Wildman–Crippen MR) is 63.4 cm³/mol. The van der Waals surface area contributed by atoms with Gasteiger partial charge in [-0.2, -0.15) is 0 Å². The lowest BCUT2D eigenvalue weighted by atomic mass is 10.1. The first-order valence-corrected chi connectivity index (χ1v) is 6.48. The second-order valence-corrected chi connectivity index (χ2v) is 5.02. The molecule has 2 heterocycles. The fourth-order valence-electron chi connectivity index (χ4n) is 1.98. The standard InChI is InChI=1S/C11H14N2O3S/c1-2-7-3-4-13(5-7)10(14)8-6-17-9(12-8)11(15)16/h6-7H,2-5H2,1H3,(H,15,16). The average Bonchev–Trinajstić information content (AvgIpc) is 2.97. The van der Waals surface area contributed by atoms with Gasteiger partial charge in [-0.3, -0.25) is 4.79 Å². The van der Waals surface area contributed by atoms with Crippen molar-refractivity contribution in [2.24, 2.45) is 5.92 Å². The fourth-order valence-corrected chi connectivity index (χ4v) is 2.61. The van der Waals surface area contributed by atoms with E-state index >= 15 is 0 Å². The SMILES string of the molecule is CCC1CCN(C(=O)c2csc(C(=O)O)n2)C1. The number of thiazole rings is 1. The van der Waals surface area contributed by atoms with Crippen molar-refractivity contribution in [1.82, 2.24) is 9.88 Å². The number of nitrogens with zero attached hydrogens (tertiary/aromatic N) is 2. The second-order valence-electron chi connectivity index (χ2n) is 4.16. The predicted octanol–water partition coefficient (Wildman–Crippen LogP) is 1.71. The van der Waals surface area contributed by atoms with E-state index in [1.807, 2.05) is 0 Å². The van der Waals surface area contributed by atoms with Crippen molar-refractivity contribution in [3.05, 3.63) is 16.1 Å². The third kappa shape index (κ3) is 2.46. The molecule has 1 aromatic rings. The quantitative estimate of drug-likeness (QED) is 0.891. The number of likely N-dealkylation sites (tertiary alicyclic amines) is 1. The number of amides is 1. The summed E-state index contributed by atoms with van der Waals surface area (Å²) in [5.74, 6) is -0.664. The number of aromatic carboxylic acids is 1. The van der Waals surface area contributed by atoms with E-state index in [1.165, 1.54) is 5.38 Å². The van der Waals surface area contributed by atoms with E-state index in [4.69, 9.17) is 5.11 Å². The van der Waals surface area contributed by atoms with Gasteiger partial charge in [0.1, 0.15) is 5.69 Å². The monoisotopic (exact) mass is 254 g/mol. The Bertz CT molecular complexity index is 444. The molecule has 1 amide bonds. The molecule has 0 spiro atoms. The molecule has 1 fully saturated rings. The summed E-state index contributed by atoms with van der Waals surface area (Å²) in [7, 11) is 0. The molecule has 1 atom stereocenters. The van der Waals surface area contributed by atoms with Crippen molar-refractivity contribution in [2.75, 3.05) is 13.1 Å². The maximum atomic E-state index is 12.0. The Hall–Kier alpha value is -1.43. The summed E-state index contributed by atoms with van der Waals surface area (Å²) >= 11 is 0.993. The van der Waals surface area contributed by atoms with Crippen molar-refractivity contribution < 1.29 is 14.7 Å². The van der Waals surface area contributed by atoms with Crippen LogP contribution in [0.5, 0.6) is 0 Å². The third-order valence-electron chi connectivity index (χ3n) is 3.06. The molecule has 17 heavy (non-hydrogen) atoms. The molecule has 0 aliphatic carbocycles. The minimum atomic E-state index is -1.08. The summed E-state index contributed by atoms with van der Waals surface area (Å²) in [5.41, 5.74) is 0.254. The molecular formula is C11H14N2O3S. The zero-order chi connectivity index (χ0) is 12.4. The number of rotatable bonds is 3. The zero-order valence-electron chi connectivity index (χ0n) is 9.55. The fraction of sp³-hybridized carbons (Fsp3) is 0.545. The van der Waals surface area contributed by atoms with Gasteiger partial charge in [0.2, 0.25) is 5.01 Å². The summed E-state index contributed by atoms with van der Waals surface area (Å²) in [6, 6.07) is 0. The minimum absolute atomic E-state index is 0.0282. The molecule has 0 aromatic carbocycles. The molecule has 5 nitrogen and oxygen atoms in total. The van der Waals surface area contributed by atoms with Crippen LogP contribution in [0.3, 0.4) is 0 Å². The largest absolute Gasteiger partial charge is 0.476 e. The summed E-state index contributed by atoms with van der Waals surface area (Å²) in [5, 5.41) is 10.2. The number of hydrogen-bond donors (Lipinski definition) is 1. The zero-order valence-corrected chi connectivity index (χ0v) is 10.4. The second kappa shape index (κ2) is 4.83. The molecule has 2 rings (SSSR count). The van der Waals surface area contributed by atoms with Crippen LogP contribution in [0.15, 0.2) is 5.38 Å². The van der Waals surface area contributed by atoms with Crippen LogP contribution < -0.4 is 0 Å². The highest BCUT2D eigenvalue weighted by atomic mass is 32.1. The highest BCUT2D eigenvalue weighted by Gasteiger charge is 2.27. The summed E-state index contributed by atoms with van der Waals surface area (Å²) < 4.78 is 0. The lowest BCUT2D eigenvalue weighted by molar-refractivity contribution is 0.0696. The number of hydrogen-bond acceptors (Lipinski definition) is 4. The molecule has 92 valence electrons. The lowest BCUT2D eigenvalue weighted by Gasteiger charge is -2.14. The van der Waals surface area contributed by atoms with Gasteiger partial charge in [-0.05, 0) is 12.3 Å². The van der Waals surface area contributed by atoms with E-state index in [1.54, 1.807) is 4.90 Å². The molecule has 1 N–H and O–H groups in total. The molecule has 1 unspecified atom stereocenters. The van der Waals surface area contributed by atoms with Gasteiger partial charge in [-0.1, -0.05) is 13.3 Å². The highest BCUT2D eigenvalue weighted by molar-refractivity contribution is 7.11. The highest BCUT2D eigenvalue weighted by Crippen LogP contribution is 2.21. The lowest BCUT2D eigenvalue weighted by Crippen LogP contribution is -2.29. The number of carboxylic acid groups (broad SMARTS) is 1. The van der Waals surface area contributed by atoms with Crippen LogP contribution in [0, 0.1) is 5.92 Å². The van der Waals surface area contributed by atoms with Crippen molar-refractivity contribution in [3.8, 4) is 0 Å². The van der Waals surface area contributed by atoms with Crippen molar-refractivity contribution in [2.45, 2.75) is 19.8 Å². The number of aromatic nitrogens is 1. The normalized spacial score (nSPS) is 19.6. The molecule has 0 radical (unpaired) electrons. The Morgan fingerprint density at radius 3 is 2.94 bits per heavy atom. The summed E-state index contributed by atoms with van der Waals surface area (Å²) in [6.45, 7) is 3.62. The Kier molecular flexibility index (Phi) is 3.42. The first kappa shape index (κ1) is 12.0. The van der Waals surface area contributed by atoms with Crippen molar-refractivity contribution in [3.63, 3.8) is 0 Å². The van der Waals surface area contributed by atoms with E-state index in [0.29, 0.717) is 5.92 Å². The van der Waals surface area contributed by atoms with Gasteiger partial charge in [-0.25, -0.2) is 9.78 Å². The third-order valence-corrected chi connectivity index (χ3v) is 3.89. The average molecular weight is 254 g/mol. The van der Waals surface area contributed by atoms with Crippen LogP contribution in [0.2, 0.25) is 0 Å². The molecular weight excluding hydrogens is 240 g/mol. The van der Waals surface area contributed by atoms with Gasteiger partial charge in [0.25, 0.3) is 5.91 Å². The summed E-state index contributed by atoms with van der Waals surface area (Å²) in [6.07, 6.45) is 2.10. The van der Waals surface area contributed by atoms with E-state index in [2.05, 4.69) is 11.9 Å². The molecule has 0 saturated carbocycles. The minimum Gasteiger partial charge on any atom is -0.476 e. The van der Waals surface area contributed by atoms with Crippen molar-refractivity contribution in [1.29, 1.82) is 0 Å². The first-order valence-electron chi connectivity index (χ1n) is 5.60. The van der Waals surface area contributed by atoms with Gasteiger partial charge in [0, 0.05) is 18.5 Å². The Morgan fingerprint density at radius 2 is 2.41 bits per heavy atom. The van der Waals surface area contributed by atoms with E-state index in [0.717, 1.165) is 37.3 Å². The molecule has 1 saturated heterocycles. The smallest absolute Gasteiger partial charge is 0.365 e. The van der Waals surface area contributed by atoms with Crippen LogP contribution in [0.1, 0.15) is 40.1 Å². The molecule has 6 heteroatoms. The molecule has 1 aliphatic rings. The number of carbonyl (C=O) groups excluding carboxylic acids is 1. The number of carbonyl (C=O) groups is 2. The molecule has 0 bridgehead atoms. The number of carboxylic acids is 1. The Balaban J connectivity index is 2.07. The van der Waals surface area contributed by atoms with Crippen LogP contribution in [0.4, 0.5) is 0 Å².